The van der Waals surface area contributed by atoms with E-state index in [1.165, 1.54) is 17.0 Å². The lowest BCUT2D eigenvalue weighted by Crippen LogP contribution is -2.45. The van der Waals surface area contributed by atoms with Crippen molar-refractivity contribution in [2.45, 2.75) is 19.2 Å². The molecule has 0 saturated heterocycles. The zero-order chi connectivity index (χ0) is 24.6. The number of carbonyl (C=O) groups excluding carboxylic acids is 2. The molecule has 0 N–H and O–H groups in total. The molecule has 2 amide bonds. The van der Waals surface area contributed by atoms with Gasteiger partial charge in [-0.1, -0.05) is 66.7 Å². The molecule has 1 heterocycles. The van der Waals surface area contributed by atoms with Crippen molar-refractivity contribution in [2.24, 2.45) is 0 Å². The number of benzene rings is 3. The van der Waals surface area contributed by atoms with Gasteiger partial charge in [-0.25, -0.2) is 9.18 Å². The molecule has 0 saturated carbocycles. The van der Waals surface area contributed by atoms with E-state index in [0.717, 1.165) is 16.7 Å². The van der Waals surface area contributed by atoms with Crippen LogP contribution in [-0.4, -0.2) is 42.0 Å². The molecular weight excluding hydrogens is 447 g/mol. The Balaban J connectivity index is 1.56. The highest BCUT2D eigenvalue weighted by molar-refractivity contribution is 5.83. The molecule has 0 radical (unpaired) electrons. The van der Waals surface area contributed by atoms with Crippen molar-refractivity contribution in [1.82, 2.24) is 9.80 Å². The molecule has 0 unspecified atom stereocenters. The average molecular weight is 475 g/mol. The molecule has 35 heavy (non-hydrogen) atoms. The molecule has 3 aromatic rings. The molecule has 0 aromatic heterocycles. The maximum absolute atomic E-state index is 13.5. The van der Waals surface area contributed by atoms with Gasteiger partial charge in [0.2, 0.25) is 5.91 Å². The van der Waals surface area contributed by atoms with Crippen LogP contribution in [-0.2, 0) is 22.7 Å². The van der Waals surface area contributed by atoms with Gasteiger partial charge in [-0.3, -0.25) is 9.69 Å². The summed E-state index contributed by atoms with van der Waals surface area (Å²) in [5, 5.41) is 0. The zero-order valence-electron chi connectivity index (χ0n) is 19.5. The molecule has 4 rings (SSSR count). The standard InChI is InChI=1S/C28H27FN2O4/c1-34-25-15-11-23(12-16-25)26-8-5-17-30(28(33)35-20-22-6-3-2-4-7-22)19-27(32)31(26)18-21-9-13-24(29)14-10-21/h2-16,26H,17-20H2,1H3/b8-5-/t26-/m1/s1. The first kappa shape index (κ1) is 24.0. The van der Waals surface area contributed by atoms with Crippen molar-refractivity contribution in [2.75, 3.05) is 20.2 Å². The summed E-state index contributed by atoms with van der Waals surface area (Å²) in [6.45, 7) is 0.497. The Morgan fingerprint density at radius 2 is 1.69 bits per heavy atom. The highest BCUT2D eigenvalue weighted by atomic mass is 19.1. The van der Waals surface area contributed by atoms with Crippen LogP contribution in [0.15, 0.2) is 91.0 Å². The summed E-state index contributed by atoms with van der Waals surface area (Å²) in [6.07, 6.45) is 3.21. The Labute approximate surface area is 204 Å². The van der Waals surface area contributed by atoms with Gasteiger partial charge >= 0.3 is 6.09 Å². The van der Waals surface area contributed by atoms with Gasteiger partial charge in [0.15, 0.2) is 0 Å². The predicted molar refractivity (Wildman–Crippen MR) is 130 cm³/mol. The quantitative estimate of drug-likeness (QED) is 0.466. The van der Waals surface area contributed by atoms with Crippen LogP contribution in [0.25, 0.3) is 0 Å². The highest BCUT2D eigenvalue weighted by Crippen LogP contribution is 2.28. The van der Waals surface area contributed by atoms with Crippen LogP contribution in [0.3, 0.4) is 0 Å². The number of rotatable bonds is 6. The summed E-state index contributed by atoms with van der Waals surface area (Å²) in [4.78, 5) is 29.3. The lowest BCUT2D eigenvalue weighted by atomic mass is 10.0. The number of ether oxygens (including phenoxy) is 2. The van der Waals surface area contributed by atoms with Crippen molar-refractivity contribution in [3.8, 4) is 5.75 Å². The van der Waals surface area contributed by atoms with E-state index in [1.807, 2.05) is 66.7 Å². The Morgan fingerprint density at radius 1 is 0.971 bits per heavy atom. The SMILES string of the molecule is COc1ccc([C@H]2/C=C\CN(C(=O)OCc3ccccc3)CC(=O)N2Cc2ccc(F)cc2)cc1. The minimum absolute atomic E-state index is 0.127. The van der Waals surface area contributed by atoms with E-state index in [0.29, 0.717) is 5.75 Å². The summed E-state index contributed by atoms with van der Waals surface area (Å²) < 4.78 is 24.1. The van der Waals surface area contributed by atoms with Gasteiger partial charge in [0.25, 0.3) is 0 Å². The molecular formula is C28H27FN2O4. The third-order valence-electron chi connectivity index (χ3n) is 5.81. The van der Waals surface area contributed by atoms with E-state index in [1.54, 1.807) is 24.1 Å². The number of nitrogens with zero attached hydrogens (tertiary/aromatic N) is 2. The fourth-order valence-electron chi connectivity index (χ4n) is 3.91. The third kappa shape index (κ3) is 6.26. The van der Waals surface area contributed by atoms with Gasteiger partial charge in [0.05, 0.1) is 13.2 Å². The second-order valence-electron chi connectivity index (χ2n) is 8.21. The van der Waals surface area contributed by atoms with E-state index < -0.39 is 6.09 Å². The van der Waals surface area contributed by atoms with Gasteiger partial charge in [-0.05, 0) is 41.0 Å². The monoisotopic (exact) mass is 474 g/mol. The van der Waals surface area contributed by atoms with E-state index in [4.69, 9.17) is 9.47 Å². The van der Waals surface area contributed by atoms with E-state index in [9.17, 15) is 14.0 Å². The fourth-order valence-corrected chi connectivity index (χ4v) is 3.91. The van der Waals surface area contributed by atoms with Crippen molar-refractivity contribution >= 4 is 12.0 Å². The van der Waals surface area contributed by atoms with Gasteiger partial charge < -0.3 is 14.4 Å². The number of amides is 2. The van der Waals surface area contributed by atoms with Crippen molar-refractivity contribution in [3.63, 3.8) is 0 Å². The maximum Gasteiger partial charge on any atom is 0.410 e. The van der Waals surface area contributed by atoms with Crippen LogP contribution in [0, 0.1) is 5.82 Å². The number of halogens is 1. The molecule has 0 aliphatic carbocycles. The van der Waals surface area contributed by atoms with E-state index in [-0.39, 0.29) is 44.0 Å². The number of hydrogen-bond donors (Lipinski definition) is 0. The fraction of sp³-hybridized carbons (Fsp3) is 0.214. The molecule has 0 spiro atoms. The number of carbonyl (C=O) groups is 2. The highest BCUT2D eigenvalue weighted by Gasteiger charge is 2.29. The molecule has 3 aromatic carbocycles. The minimum atomic E-state index is -0.559. The number of methoxy groups -OCH3 is 1. The molecule has 180 valence electrons. The lowest BCUT2D eigenvalue weighted by molar-refractivity contribution is -0.134. The maximum atomic E-state index is 13.5. The summed E-state index contributed by atoms with van der Waals surface area (Å²) >= 11 is 0. The molecule has 1 aliphatic rings. The zero-order valence-corrected chi connectivity index (χ0v) is 19.5. The molecule has 7 heteroatoms. The second kappa shape index (κ2) is 11.3. The molecule has 0 bridgehead atoms. The van der Waals surface area contributed by atoms with Crippen LogP contribution in [0.4, 0.5) is 9.18 Å². The summed E-state index contributed by atoms with van der Waals surface area (Å²) in [7, 11) is 1.60. The van der Waals surface area contributed by atoms with Gasteiger partial charge in [-0.2, -0.15) is 0 Å². The third-order valence-corrected chi connectivity index (χ3v) is 5.81. The normalized spacial score (nSPS) is 16.9. The van der Waals surface area contributed by atoms with Gasteiger partial charge in [0.1, 0.15) is 24.7 Å². The first-order valence-electron chi connectivity index (χ1n) is 11.3. The van der Waals surface area contributed by atoms with Crippen molar-refractivity contribution < 1.29 is 23.5 Å². The summed E-state index contributed by atoms with van der Waals surface area (Å²) in [5.41, 5.74) is 2.55. The lowest BCUT2D eigenvalue weighted by Gasteiger charge is -2.34. The minimum Gasteiger partial charge on any atom is -0.497 e. The predicted octanol–water partition coefficient (Wildman–Crippen LogP) is 5.11. The summed E-state index contributed by atoms with van der Waals surface area (Å²) in [5.74, 6) is 0.134. The first-order valence-corrected chi connectivity index (χ1v) is 11.3. The van der Waals surface area contributed by atoms with Gasteiger partial charge in [0, 0.05) is 13.1 Å². The van der Waals surface area contributed by atoms with Crippen LogP contribution in [0.5, 0.6) is 5.75 Å². The first-order chi connectivity index (χ1) is 17.0. The largest absolute Gasteiger partial charge is 0.497 e. The Bertz CT molecular complexity index is 1160. The van der Waals surface area contributed by atoms with Crippen LogP contribution in [0.2, 0.25) is 0 Å². The van der Waals surface area contributed by atoms with E-state index in [2.05, 4.69) is 0 Å². The topological polar surface area (TPSA) is 59.1 Å². The summed E-state index contributed by atoms with van der Waals surface area (Å²) in [6, 6.07) is 22.6. The number of hydrogen-bond acceptors (Lipinski definition) is 4. The molecule has 6 nitrogen and oxygen atoms in total. The molecule has 1 atom stereocenters. The second-order valence-corrected chi connectivity index (χ2v) is 8.21. The smallest absolute Gasteiger partial charge is 0.410 e. The van der Waals surface area contributed by atoms with Crippen molar-refractivity contribution in [3.05, 3.63) is 114 Å². The molecule has 1 aliphatic heterocycles. The Kier molecular flexibility index (Phi) is 7.77. The van der Waals surface area contributed by atoms with Crippen LogP contribution in [0.1, 0.15) is 22.7 Å². The Morgan fingerprint density at radius 3 is 2.37 bits per heavy atom. The molecule has 0 fully saturated rings. The van der Waals surface area contributed by atoms with E-state index >= 15 is 0 Å². The van der Waals surface area contributed by atoms with Crippen molar-refractivity contribution in [1.29, 1.82) is 0 Å². The van der Waals surface area contributed by atoms with Crippen LogP contribution >= 0.6 is 0 Å². The Hall–Kier alpha value is -4.13. The van der Waals surface area contributed by atoms with Gasteiger partial charge in [-0.15, -0.1) is 0 Å². The van der Waals surface area contributed by atoms with Crippen LogP contribution < -0.4 is 4.74 Å². The average Bonchev–Trinajstić information content (AvgIpc) is 2.88.